The largest absolute Gasteiger partial charge is 0.326 e. The molecule has 0 atom stereocenters. The number of rotatable bonds is 3. The summed E-state index contributed by atoms with van der Waals surface area (Å²) in [6.07, 6.45) is 0. The fourth-order valence-corrected chi connectivity index (χ4v) is 3.06. The second-order valence-corrected chi connectivity index (χ2v) is 6.40. The van der Waals surface area contributed by atoms with Gasteiger partial charge in [0.1, 0.15) is 0 Å². The normalized spacial score (nSPS) is 10.3. The molecule has 0 fully saturated rings. The number of anilines is 2. The van der Waals surface area contributed by atoms with E-state index in [0.717, 1.165) is 15.3 Å². The lowest BCUT2D eigenvalue weighted by Crippen LogP contribution is -2.14. The molecule has 0 bridgehead atoms. The first-order valence-electron chi connectivity index (χ1n) is 6.64. The van der Waals surface area contributed by atoms with Crippen LogP contribution in [0.2, 0.25) is 0 Å². The van der Waals surface area contributed by atoms with Gasteiger partial charge < -0.3 is 10.6 Å². The van der Waals surface area contributed by atoms with Crippen molar-refractivity contribution in [1.82, 2.24) is 0 Å². The van der Waals surface area contributed by atoms with Crippen molar-refractivity contribution in [3.63, 3.8) is 0 Å². The maximum Gasteiger partial charge on any atom is 0.256 e. The van der Waals surface area contributed by atoms with Crippen LogP contribution < -0.4 is 10.6 Å². The van der Waals surface area contributed by atoms with Gasteiger partial charge in [0.15, 0.2) is 0 Å². The van der Waals surface area contributed by atoms with Crippen LogP contribution >= 0.6 is 11.3 Å². The number of carbonyl (C=O) groups excluding carboxylic acids is 2. The summed E-state index contributed by atoms with van der Waals surface area (Å²) in [5.74, 6) is -0.259. The van der Waals surface area contributed by atoms with Crippen molar-refractivity contribution in [2.75, 3.05) is 10.6 Å². The first kappa shape index (κ1) is 15.3. The molecule has 0 saturated carbocycles. The second kappa shape index (κ2) is 6.10. The lowest BCUT2D eigenvalue weighted by atomic mass is 10.1. The van der Waals surface area contributed by atoms with Crippen molar-refractivity contribution in [3.8, 4) is 0 Å². The standard InChI is InChI=1S/C16H18N2O2S/c1-9-8-13(11(3)21-9)16(20)18-15-7-5-6-14(10(15)2)17-12(4)19/h5-8H,1-4H3,(H,17,19)(H,18,20). The van der Waals surface area contributed by atoms with E-state index in [1.165, 1.54) is 6.92 Å². The Bertz CT molecular complexity index is 704. The molecule has 1 heterocycles. The fraction of sp³-hybridized carbons (Fsp3) is 0.250. The first-order chi connectivity index (χ1) is 9.88. The minimum Gasteiger partial charge on any atom is -0.326 e. The van der Waals surface area contributed by atoms with Crippen LogP contribution in [0.4, 0.5) is 11.4 Å². The number of benzene rings is 1. The molecule has 110 valence electrons. The summed E-state index contributed by atoms with van der Waals surface area (Å²) >= 11 is 1.61. The van der Waals surface area contributed by atoms with Crippen LogP contribution in [0.15, 0.2) is 24.3 Å². The van der Waals surface area contributed by atoms with Crippen LogP contribution in [0.5, 0.6) is 0 Å². The van der Waals surface area contributed by atoms with Crippen molar-refractivity contribution in [3.05, 3.63) is 45.1 Å². The molecule has 0 spiro atoms. The molecule has 2 amide bonds. The molecular weight excluding hydrogens is 284 g/mol. The molecule has 0 saturated heterocycles. The number of hydrogen-bond donors (Lipinski definition) is 2. The van der Waals surface area contributed by atoms with Crippen molar-refractivity contribution in [2.24, 2.45) is 0 Å². The van der Waals surface area contributed by atoms with Gasteiger partial charge in [-0.3, -0.25) is 9.59 Å². The van der Waals surface area contributed by atoms with Gasteiger partial charge in [-0.1, -0.05) is 6.07 Å². The van der Waals surface area contributed by atoms with Gasteiger partial charge in [-0.15, -0.1) is 11.3 Å². The third-order valence-corrected chi connectivity index (χ3v) is 4.14. The van der Waals surface area contributed by atoms with Gasteiger partial charge in [0, 0.05) is 28.1 Å². The van der Waals surface area contributed by atoms with Crippen LogP contribution in [0.25, 0.3) is 0 Å². The Hall–Kier alpha value is -2.14. The van der Waals surface area contributed by atoms with E-state index in [4.69, 9.17) is 0 Å². The predicted molar refractivity (Wildman–Crippen MR) is 87.2 cm³/mol. The number of amides is 2. The second-order valence-electron chi connectivity index (χ2n) is 4.94. The Kier molecular flexibility index (Phi) is 4.43. The number of thiophene rings is 1. The maximum atomic E-state index is 12.3. The number of hydrogen-bond acceptors (Lipinski definition) is 3. The SMILES string of the molecule is CC(=O)Nc1cccc(NC(=O)c2cc(C)sc2C)c1C. The van der Waals surface area contributed by atoms with Gasteiger partial charge in [-0.05, 0) is 44.5 Å². The lowest BCUT2D eigenvalue weighted by Gasteiger charge is -2.12. The Morgan fingerprint density at radius 2 is 1.67 bits per heavy atom. The van der Waals surface area contributed by atoms with Crippen LogP contribution in [-0.2, 0) is 4.79 Å². The van der Waals surface area contributed by atoms with E-state index in [-0.39, 0.29) is 11.8 Å². The summed E-state index contributed by atoms with van der Waals surface area (Å²) in [5.41, 5.74) is 2.94. The van der Waals surface area contributed by atoms with Gasteiger partial charge in [-0.2, -0.15) is 0 Å². The van der Waals surface area contributed by atoms with E-state index in [0.29, 0.717) is 16.9 Å². The maximum absolute atomic E-state index is 12.3. The summed E-state index contributed by atoms with van der Waals surface area (Å²) in [6, 6.07) is 7.33. The van der Waals surface area contributed by atoms with E-state index in [9.17, 15) is 9.59 Å². The number of aryl methyl sites for hydroxylation is 2. The highest BCUT2D eigenvalue weighted by Gasteiger charge is 2.14. The van der Waals surface area contributed by atoms with E-state index >= 15 is 0 Å². The minimum absolute atomic E-state index is 0.125. The summed E-state index contributed by atoms with van der Waals surface area (Å²) in [7, 11) is 0. The highest BCUT2D eigenvalue weighted by atomic mass is 32.1. The van der Waals surface area contributed by atoms with E-state index in [1.807, 2.05) is 39.0 Å². The van der Waals surface area contributed by atoms with Crippen LogP contribution in [0.3, 0.4) is 0 Å². The Morgan fingerprint density at radius 3 is 2.19 bits per heavy atom. The Balaban J connectivity index is 2.25. The van der Waals surface area contributed by atoms with E-state index in [1.54, 1.807) is 17.4 Å². The van der Waals surface area contributed by atoms with Crippen molar-refractivity contribution in [2.45, 2.75) is 27.7 Å². The van der Waals surface area contributed by atoms with Crippen LogP contribution in [0, 0.1) is 20.8 Å². The molecule has 4 nitrogen and oxygen atoms in total. The molecule has 0 aliphatic heterocycles. The van der Waals surface area contributed by atoms with Gasteiger partial charge >= 0.3 is 0 Å². The summed E-state index contributed by atoms with van der Waals surface area (Å²) in [5, 5.41) is 5.66. The van der Waals surface area contributed by atoms with Crippen molar-refractivity contribution >= 4 is 34.5 Å². The topological polar surface area (TPSA) is 58.2 Å². The number of carbonyl (C=O) groups is 2. The fourth-order valence-electron chi connectivity index (χ4n) is 2.14. The van der Waals surface area contributed by atoms with Gasteiger partial charge in [0.05, 0.1) is 5.56 Å². The molecule has 5 heteroatoms. The zero-order chi connectivity index (χ0) is 15.6. The molecule has 2 N–H and O–H groups in total. The third-order valence-electron chi connectivity index (χ3n) is 3.18. The third kappa shape index (κ3) is 3.49. The number of nitrogens with one attached hydrogen (secondary N) is 2. The molecule has 2 rings (SSSR count). The molecule has 21 heavy (non-hydrogen) atoms. The molecule has 2 aromatic rings. The molecule has 1 aromatic carbocycles. The van der Waals surface area contributed by atoms with Crippen LogP contribution in [0.1, 0.15) is 32.6 Å². The molecule has 1 aromatic heterocycles. The van der Waals surface area contributed by atoms with E-state index < -0.39 is 0 Å². The lowest BCUT2D eigenvalue weighted by molar-refractivity contribution is -0.114. The van der Waals surface area contributed by atoms with E-state index in [2.05, 4.69) is 10.6 Å². The van der Waals surface area contributed by atoms with Crippen LogP contribution in [-0.4, -0.2) is 11.8 Å². The van der Waals surface area contributed by atoms with Gasteiger partial charge in [-0.25, -0.2) is 0 Å². The summed E-state index contributed by atoms with van der Waals surface area (Å²) in [6.45, 7) is 7.25. The van der Waals surface area contributed by atoms with Gasteiger partial charge in [0.25, 0.3) is 5.91 Å². The minimum atomic E-state index is -0.133. The zero-order valence-corrected chi connectivity index (χ0v) is 13.4. The predicted octanol–water partition coefficient (Wildman–Crippen LogP) is 3.88. The molecular formula is C16H18N2O2S. The Labute approximate surface area is 128 Å². The smallest absolute Gasteiger partial charge is 0.256 e. The quantitative estimate of drug-likeness (QED) is 0.904. The average Bonchev–Trinajstić information content (AvgIpc) is 2.73. The summed E-state index contributed by atoms with van der Waals surface area (Å²) in [4.78, 5) is 25.6. The highest BCUT2D eigenvalue weighted by molar-refractivity contribution is 7.12. The summed E-state index contributed by atoms with van der Waals surface area (Å²) < 4.78 is 0. The molecule has 0 aliphatic rings. The Morgan fingerprint density at radius 1 is 1.05 bits per heavy atom. The van der Waals surface area contributed by atoms with Crippen molar-refractivity contribution < 1.29 is 9.59 Å². The highest BCUT2D eigenvalue weighted by Crippen LogP contribution is 2.26. The monoisotopic (exact) mass is 302 g/mol. The van der Waals surface area contributed by atoms with Gasteiger partial charge in [0.2, 0.25) is 5.91 Å². The zero-order valence-electron chi connectivity index (χ0n) is 12.5. The first-order valence-corrected chi connectivity index (χ1v) is 7.45. The molecule has 0 unspecified atom stereocenters. The molecule has 0 aliphatic carbocycles. The average molecular weight is 302 g/mol. The molecule has 0 radical (unpaired) electrons. The van der Waals surface area contributed by atoms with Crippen molar-refractivity contribution in [1.29, 1.82) is 0 Å².